The molecule has 2 N–H and O–H groups in total. The minimum atomic E-state index is -0.434. The minimum absolute atomic E-state index is 0.000457. The van der Waals surface area contributed by atoms with Gasteiger partial charge in [-0.3, -0.25) is 9.59 Å². The summed E-state index contributed by atoms with van der Waals surface area (Å²) in [6.45, 7) is 2.57. The molecular formula is C14H14FN5O4. The number of halogens is 1. The number of hydrogen-bond acceptors (Lipinski definition) is 7. The summed E-state index contributed by atoms with van der Waals surface area (Å²) in [5.74, 6) is -1.30. The maximum absolute atomic E-state index is 12.8. The summed E-state index contributed by atoms with van der Waals surface area (Å²) in [4.78, 5) is 27.6. The highest BCUT2D eigenvalue weighted by molar-refractivity contribution is 6.09. The van der Waals surface area contributed by atoms with Gasteiger partial charge in [0, 0.05) is 13.8 Å². The Balaban J connectivity index is 2.15. The number of carbonyl (C=O) groups is 2. The predicted octanol–water partition coefficient (Wildman–Crippen LogP) is 1.18. The lowest BCUT2D eigenvalue weighted by Crippen LogP contribution is -2.30. The fourth-order valence-corrected chi connectivity index (χ4v) is 1.64. The van der Waals surface area contributed by atoms with E-state index in [0.29, 0.717) is 5.56 Å². The predicted molar refractivity (Wildman–Crippen MR) is 80.1 cm³/mol. The Hall–Kier alpha value is -3.30. The number of oxime groups is 1. The molecular weight excluding hydrogens is 321 g/mol. The molecule has 0 aliphatic carbocycles. The first-order valence-corrected chi connectivity index (χ1v) is 6.78. The van der Waals surface area contributed by atoms with Crippen LogP contribution in [0.15, 0.2) is 34.1 Å². The van der Waals surface area contributed by atoms with Crippen LogP contribution in [-0.2, 0) is 21.0 Å². The zero-order valence-corrected chi connectivity index (χ0v) is 12.9. The third kappa shape index (κ3) is 4.87. The molecule has 126 valence electrons. The van der Waals surface area contributed by atoms with Gasteiger partial charge in [0.1, 0.15) is 12.4 Å². The lowest BCUT2D eigenvalue weighted by atomic mass is 10.2. The molecule has 0 radical (unpaired) electrons. The Morgan fingerprint density at radius 2 is 1.92 bits per heavy atom. The summed E-state index contributed by atoms with van der Waals surface area (Å²) in [6.07, 6.45) is 0. The standard InChI is InChI=1S/C14H14FN5O4/c1-8(21)16-13(12-14(17-9(2)22)20-24-18-12)19-23-7-10-3-5-11(15)6-4-10/h3-6H,7H2,1-2H3,(H,16,19,21)(H,17,20,22). The van der Waals surface area contributed by atoms with E-state index in [2.05, 4.69) is 30.7 Å². The van der Waals surface area contributed by atoms with E-state index in [-0.39, 0.29) is 29.8 Å². The van der Waals surface area contributed by atoms with Gasteiger partial charge >= 0.3 is 0 Å². The smallest absolute Gasteiger partial charge is 0.222 e. The molecule has 0 bridgehead atoms. The number of rotatable bonds is 5. The van der Waals surface area contributed by atoms with E-state index in [4.69, 9.17) is 4.84 Å². The number of nitrogens with one attached hydrogen (secondary N) is 2. The molecule has 2 rings (SSSR count). The van der Waals surface area contributed by atoms with E-state index in [9.17, 15) is 14.0 Å². The number of benzene rings is 1. The number of amidine groups is 1. The first-order chi connectivity index (χ1) is 11.5. The van der Waals surface area contributed by atoms with Crippen molar-refractivity contribution in [1.82, 2.24) is 15.6 Å². The van der Waals surface area contributed by atoms with Crippen molar-refractivity contribution in [3.63, 3.8) is 0 Å². The first-order valence-electron chi connectivity index (χ1n) is 6.78. The van der Waals surface area contributed by atoms with Crippen molar-refractivity contribution in [2.45, 2.75) is 20.5 Å². The Bertz CT molecular complexity index is 757. The second-order valence-electron chi connectivity index (χ2n) is 4.66. The highest BCUT2D eigenvalue weighted by Gasteiger charge is 2.19. The molecule has 1 aromatic carbocycles. The summed E-state index contributed by atoms with van der Waals surface area (Å²) >= 11 is 0. The van der Waals surface area contributed by atoms with Gasteiger partial charge in [0.15, 0.2) is 5.69 Å². The zero-order chi connectivity index (χ0) is 17.5. The maximum Gasteiger partial charge on any atom is 0.222 e. The number of hydrogen-bond donors (Lipinski definition) is 2. The molecule has 1 heterocycles. The Labute approximate surface area is 135 Å². The van der Waals surface area contributed by atoms with Gasteiger partial charge in [-0.15, -0.1) is 0 Å². The molecule has 0 aliphatic rings. The quantitative estimate of drug-likeness (QED) is 0.481. The van der Waals surface area contributed by atoms with Gasteiger partial charge in [-0.2, -0.15) is 0 Å². The van der Waals surface area contributed by atoms with E-state index in [0.717, 1.165) is 0 Å². The van der Waals surface area contributed by atoms with Crippen LogP contribution < -0.4 is 10.6 Å². The SMILES string of the molecule is CC(=O)NC(=NOCc1ccc(F)cc1)c1nonc1NC(C)=O. The van der Waals surface area contributed by atoms with Crippen LogP contribution in [0, 0.1) is 5.82 Å². The normalized spacial score (nSPS) is 11.0. The van der Waals surface area contributed by atoms with Crippen molar-refractivity contribution in [2.24, 2.45) is 5.16 Å². The first kappa shape index (κ1) is 17.1. The van der Waals surface area contributed by atoms with Crippen LogP contribution in [0.5, 0.6) is 0 Å². The molecule has 2 amide bonds. The van der Waals surface area contributed by atoms with Crippen molar-refractivity contribution in [3.8, 4) is 0 Å². The second-order valence-corrected chi connectivity index (χ2v) is 4.66. The largest absolute Gasteiger partial charge is 0.389 e. The van der Waals surface area contributed by atoms with Gasteiger partial charge in [0.05, 0.1) is 0 Å². The fraction of sp³-hybridized carbons (Fsp3) is 0.214. The van der Waals surface area contributed by atoms with Gasteiger partial charge < -0.3 is 15.5 Å². The monoisotopic (exact) mass is 335 g/mol. The van der Waals surface area contributed by atoms with Gasteiger partial charge in [-0.25, -0.2) is 9.02 Å². The minimum Gasteiger partial charge on any atom is -0.389 e. The van der Waals surface area contributed by atoms with E-state index >= 15 is 0 Å². The van der Waals surface area contributed by atoms with Crippen LogP contribution in [-0.4, -0.2) is 28.0 Å². The molecule has 0 unspecified atom stereocenters. The number of carbonyl (C=O) groups excluding carboxylic acids is 2. The van der Waals surface area contributed by atoms with Crippen molar-refractivity contribution in [2.75, 3.05) is 5.32 Å². The summed E-state index contributed by atoms with van der Waals surface area (Å²) in [7, 11) is 0. The molecule has 0 saturated heterocycles. The number of aromatic nitrogens is 2. The number of nitrogens with zero attached hydrogens (tertiary/aromatic N) is 3. The van der Waals surface area contributed by atoms with E-state index in [1.54, 1.807) is 0 Å². The molecule has 0 atom stereocenters. The number of amides is 2. The fourth-order valence-electron chi connectivity index (χ4n) is 1.64. The lowest BCUT2D eigenvalue weighted by molar-refractivity contribution is -0.117. The maximum atomic E-state index is 12.8. The van der Waals surface area contributed by atoms with Crippen LogP contribution in [0.2, 0.25) is 0 Å². The third-order valence-corrected chi connectivity index (χ3v) is 2.60. The molecule has 10 heteroatoms. The van der Waals surface area contributed by atoms with E-state index in [1.165, 1.54) is 38.1 Å². The van der Waals surface area contributed by atoms with Crippen molar-refractivity contribution < 1.29 is 23.4 Å². The van der Waals surface area contributed by atoms with Crippen LogP contribution in [0.25, 0.3) is 0 Å². The second kappa shape index (κ2) is 7.81. The lowest BCUT2D eigenvalue weighted by Gasteiger charge is -2.06. The van der Waals surface area contributed by atoms with Gasteiger partial charge in [-0.05, 0) is 28.0 Å². The van der Waals surface area contributed by atoms with Crippen molar-refractivity contribution >= 4 is 23.5 Å². The average Bonchev–Trinajstić information content (AvgIpc) is 2.95. The summed E-state index contributed by atoms with van der Waals surface area (Å²) in [5, 5.41) is 15.7. The summed E-state index contributed by atoms with van der Waals surface area (Å²) in [5.41, 5.74) is 0.669. The molecule has 2 aromatic rings. The van der Waals surface area contributed by atoms with Crippen LogP contribution >= 0.6 is 0 Å². The average molecular weight is 335 g/mol. The van der Waals surface area contributed by atoms with E-state index in [1.807, 2.05) is 0 Å². The van der Waals surface area contributed by atoms with Crippen LogP contribution in [0.1, 0.15) is 25.1 Å². The molecule has 0 saturated carbocycles. The summed E-state index contributed by atoms with van der Waals surface area (Å²) in [6, 6.07) is 5.63. The molecule has 24 heavy (non-hydrogen) atoms. The van der Waals surface area contributed by atoms with Crippen LogP contribution in [0.3, 0.4) is 0 Å². The zero-order valence-electron chi connectivity index (χ0n) is 12.9. The molecule has 0 fully saturated rings. The summed E-state index contributed by atoms with van der Waals surface area (Å²) < 4.78 is 17.4. The van der Waals surface area contributed by atoms with Crippen molar-refractivity contribution in [1.29, 1.82) is 0 Å². The Morgan fingerprint density at radius 1 is 1.21 bits per heavy atom. The highest BCUT2D eigenvalue weighted by atomic mass is 19.1. The number of anilines is 1. The third-order valence-electron chi connectivity index (χ3n) is 2.60. The molecule has 0 spiro atoms. The molecule has 1 aromatic heterocycles. The molecule has 0 aliphatic heterocycles. The van der Waals surface area contributed by atoms with Gasteiger partial charge in [0.25, 0.3) is 0 Å². The van der Waals surface area contributed by atoms with E-state index < -0.39 is 11.8 Å². The van der Waals surface area contributed by atoms with Crippen LogP contribution in [0.4, 0.5) is 10.2 Å². The molecule has 9 nitrogen and oxygen atoms in total. The topological polar surface area (TPSA) is 119 Å². The Morgan fingerprint density at radius 3 is 2.54 bits per heavy atom. The van der Waals surface area contributed by atoms with Gasteiger partial charge in [-0.1, -0.05) is 17.3 Å². The Kier molecular flexibility index (Phi) is 5.55. The van der Waals surface area contributed by atoms with Gasteiger partial charge in [0.2, 0.25) is 23.5 Å². The highest BCUT2D eigenvalue weighted by Crippen LogP contribution is 2.11. The van der Waals surface area contributed by atoms with Crippen molar-refractivity contribution in [3.05, 3.63) is 41.3 Å².